The molecular weight excluding hydrogens is 248 g/mol. The second-order valence-corrected chi connectivity index (χ2v) is 4.08. The molecule has 0 saturated heterocycles. The number of rotatable bonds is 2. The zero-order valence-corrected chi connectivity index (χ0v) is 10.3. The second kappa shape index (κ2) is 3.87. The van der Waals surface area contributed by atoms with Crippen molar-refractivity contribution in [3.8, 4) is 5.82 Å². The number of aryl methyl sites for hydroxylation is 1. The lowest BCUT2D eigenvalue weighted by Gasteiger charge is -2.04. The summed E-state index contributed by atoms with van der Waals surface area (Å²) in [4.78, 5) is 15.4. The average Bonchev–Trinajstić information content (AvgIpc) is 2.93. The third-order valence-corrected chi connectivity index (χ3v) is 2.90. The van der Waals surface area contributed by atoms with Crippen LogP contribution in [0.2, 0.25) is 0 Å². The Morgan fingerprint density at radius 1 is 1.37 bits per heavy atom. The lowest BCUT2D eigenvalue weighted by Crippen LogP contribution is -2.06. The summed E-state index contributed by atoms with van der Waals surface area (Å²) < 4.78 is 3.17. The molecule has 0 spiro atoms. The number of carboxylic acid groups (broad SMARTS) is 1. The highest BCUT2D eigenvalue weighted by Gasteiger charge is 2.20. The summed E-state index contributed by atoms with van der Waals surface area (Å²) in [5.74, 6) is -0.553. The van der Waals surface area contributed by atoms with Crippen molar-refractivity contribution >= 4 is 11.6 Å². The van der Waals surface area contributed by atoms with Crippen molar-refractivity contribution < 1.29 is 9.90 Å². The maximum atomic E-state index is 11.2. The summed E-state index contributed by atoms with van der Waals surface area (Å²) in [5.41, 5.74) is 1.65. The molecule has 3 rings (SSSR count). The SMILES string of the molecule is Cc1nn(-c2nccn3cnnc23)c(C)c1C(=O)O. The molecule has 0 bridgehead atoms. The third kappa shape index (κ3) is 1.57. The first-order chi connectivity index (χ1) is 9.09. The monoisotopic (exact) mass is 258 g/mol. The molecule has 0 aliphatic heterocycles. The molecule has 0 aliphatic carbocycles. The Kier molecular flexibility index (Phi) is 2.31. The van der Waals surface area contributed by atoms with E-state index in [2.05, 4.69) is 20.3 Å². The van der Waals surface area contributed by atoms with Crippen molar-refractivity contribution in [2.75, 3.05) is 0 Å². The van der Waals surface area contributed by atoms with Gasteiger partial charge >= 0.3 is 5.97 Å². The molecule has 0 aliphatic rings. The van der Waals surface area contributed by atoms with E-state index in [9.17, 15) is 9.90 Å². The number of carboxylic acids is 1. The van der Waals surface area contributed by atoms with Crippen LogP contribution in [0.15, 0.2) is 18.7 Å². The van der Waals surface area contributed by atoms with Gasteiger partial charge in [-0.25, -0.2) is 14.5 Å². The number of hydrogen-bond donors (Lipinski definition) is 1. The molecule has 3 aromatic heterocycles. The quantitative estimate of drug-likeness (QED) is 0.723. The van der Waals surface area contributed by atoms with Gasteiger partial charge in [0.1, 0.15) is 11.9 Å². The largest absolute Gasteiger partial charge is 0.478 e. The van der Waals surface area contributed by atoms with Crippen molar-refractivity contribution in [3.63, 3.8) is 0 Å². The Balaban J connectivity index is 2.31. The zero-order chi connectivity index (χ0) is 13.6. The van der Waals surface area contributed by atoms with Crippen LogP contribution >= 0.6 is 0 Å². The van der Waals surface area contributed by atoms with Crippen LogP contribution < -0.4 is 0 Å². The van der Waals surface area contributed by atoms with E-state index in [1.807, 2.05) is 0 Å². The van der Waals surface area contributed by atoms with Crippen LogP contribution in [0.5, 0.6) is 0 Å². The van der Waals surface area contributed by atoms with E-state index in [4.69, 9.17) is 0 Å². The van der Waals surface area contributed by atoms with E-state index < -0.39 is 5.97 Å². The van der Waals surface area contributed by atoms with E-state index in [0.717, 1.165) is 0 Å². The second-order valence-electron chi connectivity index (χ2n) is 4.08. The number of nitrogens with zero attached hydrogens (tertiary/aromatic N) is 6. The molecule has 0 unspecified atom stereocenters. The van der Waals surface area contributed by atoms with Gasteiger partial charge in [0.25, 0.3) is 0 Å². The normalized spacial score (nSPS) is 11.1. The standard InChI is InChI=1S/C11H10N6O2/c1-6-8(11(18)19)7(2)17(15-6)9-10-14-13-5-16(10)4-3-12-9/h3-5H,1-2H3,(H,18,19). The Hall–Kier alpha value is -2.77. The molecule has 19 heavy (non-hydrogen) atoms. The summed E-state index contributed by atoms with van der Waals surface area (Å²) in [6.45, 7) is 3.34. The number of carbonyl (C=O) groups is 1. The van der Waals surface area contributed by atoms with Gasteiger partial charge in [-0.1, -0.05) is 0 Å². The van der Waals surface area contributed by atoms with E-state index in [-0.39, 0.29) is 5.56 Å². The highest BCUT2D eigenvalue weighted by atomic mass is 16.4. The van der Waals surface area contributed by atoms with Crippen molar-refractivity contribution in [2.45, 2.75) is 13.8 Å². The van der Waals surface area contributed by atoms with Crippen LogP contribution in [0.1, 0.15) is 21.7 Å². The van der Waals surface area contributed by atoms with Gasteiger partial charge < -0.3 is 5.11 Å². The van der Waals surface area contributed by atoms with E-state index in [0.29, 0.717) is 22.9 Å². The van der Waals surface area contributed by atoms with Crippen LogP contribution in [-0.4, -0.2) is 40.4 Å². The van der Waals surface area contributed by atoms with Gasteiger partial charge in [0.05, 0.1) is 11.4 Å². The summed E-state index contributed by atoms with van der Waals surface area (Å²) in [6, 6.07) is 0. The Morgan fingerprint density at radius 2 is 2.16 bits per heavy atom. The van der Waals surface area contributed by atoms with Gasteiger partial charge in [0, 0.05) is 12.4 Å². The number of aromatic carboxylic acids is 1. The van der Waals surface area contributed by atoms with Crippen molar-refractivity contribution in [1.82, 2.24) is 29.4 Å². The zero-order valence-electron chi connectivity index (χ0n) is 10.3. The molecular formula is C11H10N6O2. The number of hydrogen-bond acceptors (Lipinski definition) is 5. The molecule has 0 amide bonds. The fraction of sp³-hybridized carbons (Fsp3) is 0.182. The van der Waals surface area contributed by atoms with Crippen LogP contribution in [0.25, 0.3) is 11.5 Å². The van der Waals surface area contributed by atoms with Crippen molar-refractivity contribution in [2.24, 2.45) is 0 Å². The first kappa shape index (κ1) is 11.3. The smallest absolute Gasteiger partial charge is 0.339 e. The fourth-order valence-electron chi connectivity index (χ4n) is 2.05. The summed E-state index contributed by atoms with van der Waals surface area (Å²) in [7, 11) is 0. The Labute approximate surface area is 107 Å². The molecule has 0 aromatic carbocycles. The molecule has 3 heterocycles. The molecule has 96 valence electrons. The summed E-state index contributed by atoms with van der Waals surface area (Å²) >= 11 is 0. The van der Waals surface area contributed by atoms with Crippen molar-refractivity contribution in [1.29, 1.82) is 0 Å². The maximum absolute atomic E-state index is 11.2. The number of fused-ring (bicyclic) bond motifs is 1. The van der Waals surface area contributed by atoms with Crippen LogP contribution in [0.3, 0.4) is 0 Å². The lowest BCUT2D eigenvalue weighted by molar-refractivity contribution is 0.0695. The number of aromatic nitrogens is 6. The van der Waals surface area contributed by atoms with Gasteiger partial charge in [0.15, 0.2) is 5.82 Å². The molecule has 0 fully saturated rings. The molecule has 8 heteroatoms. The third-order valence-electron chi connectivity index (χ3n) is 2.90. The average molecular weight is 258 g/mol. The highest BCUT2D eigenvalue weighted by Crippen LogP contribution is 2.18. The predicted octanol–water partition coefficient (Wildman–Crippen LogP) is 0.625. The van der Waals surface area contributed by atoms with E-state index in [1.165, 1.54) is 4.68 Å². The van der Waals surface area contributed by atoms with Gasteiger partial charge in [-0.2, -0.15) is 5.10 Å². The minimum atomic E-state index is -1.00. The molecule has 3 aromatic rings. The van der Waals surface area contributed by atoms with Crippen LogP contribution in [-0.2, 0) is 0 Å². The van der Waals surface area contributed by atoms with Crippen molar-refractivity contribution in [3.05, 3.63) is 35.7 Å². The predicted molar refractivity (Wildman–Crippen MR) is 64.3 cm³/mol. The lowest BCUT2D eigenvalue weighted by atomic mass is 10.2. The van der Waals surface area contributed by atoms with Crippen LogP contribution in [0.4, 0.5) is 0 Å². The molecule has 0 atom stereocenters. The van der Waals surface area contributed by atoms with Crippen LogP contribution in [0, 0.1) is 13.8 Å². The van der Waals surface area contributed by atoms with Gasteiger partial charge in [0.2, 0.25) is 5.65 Å². The first-order valence-corrected chi connectivity index (χ1v) is 5.54. The van der Waals surface area contributed by atoms with Gasteiger partial charge in [-0.15, -0.1) is 10.2 Å². The Bertz CT molecular complexity index is 788. The molecule has 8 nitrogen and oxygen atoms in total. The Morgan fingerprint density at radius 3 is 2.84 bits per heavy atom. The highest BCUT2D eigenvalue weighted by molar-refractivity contribution is 5.90. The molecule has 0 radical (unpaired) electrons. The van der Waals surface area contributed by atoms with E-state index >= 15 is 0 Å². The first-order valence-electron chi connectivity index (χ1n) is 5.54. The van der Waals surface area contributed by atoms with Gasteiger partial charge in [-0.05, 0) is 13.8 Å². The minimum Gasteiger partial charge on any atom is -0.478 e. The molecule has 1 N–H and O–H groups in total. The summed E-state index contributed by atoms with van der Waals surface area (Å²) in [6.07, 6.45) is 4.84. The van der Waals surface area contributed by atoms with E-state index in [1.54, 1.807) is 37.0 Å². The fourth-order valence-corrected chi connectivity index (χ4v) is 2.05. The maximum Gasteiger partial charge on any atom is 0.339 e. The molecule has 0 saturated carbocycles. The minimum absolute atomic E-state index is 0.184. The van der Waals surface area contributed by atoms with Gasteiger partial charge in [-0.3, -0.25) is 4.40 Å². The topological polar surface area (TPSA) is 98.2 Å². The summed E-state index contributed by atoms with van der Waals surface area (Å²) in [5, 5.41) is 21.2.